The number of aryl methyl sites for hydroxylation is 1. The van der Waals surface area contributed by atoms with Crippen molar-refractivity contribution >= 4 is 28.4 Å². The summed E-state index contributed by atoms with van der Waals surface area (Å²) in [5.74, 6) is -5.51. The Bertz CT molecular complexity index is 998. The first-order valence-corrected chi connectivity index (χ1v) is 11.7. The molecule has 0 radical (unpaired) electrons. The van der Waals surface area contributed by atoms with Gasteiger partial charge >= 0.3 is 24.3 Å². The standard InChI is InChI=1S/C16H23N5OS.2C2HF3O2/c1-19-9-13(8-17-19)10-21-6-7-22-11-15(21)14-12-23-16(18-14)20-4-2-3-5-20;2*3-2(4,5)1(6)7/h8-9,12,15H,2-7,10-11H2,1H3;2*(H,6,7). The summed E-state index contributed by atoms with van der Waals surface area (Å²) in [6, 6.07) is 0.247. The number of rotatable bonds is 4. The van der Waals surface area contributed by atoms with Crippen molar-refractivity contribution in [2.24, 2.45) is 7.05 Å². The summed E-state index contributed by atoms with van der Waals surface area (Å²) in [5.41, 5.74) is 2.40. The minimum Gasteiger partial charge on any atom is -0.475 e. The van der Waals surface area contributed by atoms with Gasteiger partial charge in [0.15, 0.2) is 5.13 Å². The fraction of sp³-hybridized carbons (Fsp3) is 0.600. The van der Waals surface area contributed by atoms with Crippen molar-refractivity contribution in [3.05, 3.63) is 29.0 Å². The van der Waals surface area contributed by atoms with Gasteiger partial charge in [-0.25, -0.2) is 14.6 Å². The van der Waals surface area contributed by atoms with Gasteiger partial charge in [0.2, 0.25) is 0 Å². The molecule has 4 heterocycles. The fourth-order valence-corrected chi connectivity index (χ4v) is 4.30. The second-order valence-electron chi connectivity index (χ2n) is 7.94. The quantitative estimate of drug-likeness (QED) is 0.542. The van der Waals surface area contributed by atoms with Crippen LogP contribution >= 0.6 is 11.3 Å². The number of ether oxygens (including phenoxy) is 1. The third-order valence-electron chi connectivity index (χ3n) is 5.10. The van der Waals surface area contributed by atoms with E-state index in [1.54, 1.807) is 11.3 Å². The van der Waals surface area contributed by atoms with Crippen LogP contribution in [0.5, 0.6) is 0 Å². The van der Waals surface area contributed by atoms with Crippen LogP contribution in [0.1, 0.15) is 30.1 Å². The summed E-state index contributed by atoms with van der Waals surface area (Å²) in [6.07, 6.45) is -3.56. The van der Waals surface area contributed by atoms with Gasteiger partial charge in [-0.15, -0.1) is 11.3 Å². The lowest BCUT2D eigenvalue weighted by Crippen LogP contribution is -2.39. The molecule has 2 aliphatic heterocycles. The lowest BCUT2D eigenvalue weighted by molar-refractivity contribution is -0.193. The summed E-state index contributed by atoms with van der Waals surface area (Å²) in [5, 5.41) is 21.9. The topological polar surface area (TPSA) is 121 Å². The molecule has 0 saturated carbocycles. The highest BCUT2D eigenvalue weighted by atomic mass is 32.1. The van der Waals surface area contributed by atoms with Crippen molar-refractivity contribution in [3.63, 3.8) is 0 Å². The number of thiazole rings is 1. The van der Waals surface area contributed by atoms with Gasteiger partial charge in [-0.1, -0.05) is 0 Å². The monoisotopic (exact) mass is 561 g/mol. The van der Waals surface area contributed by atoms with Crippen molar-refractivity contribution < 1.29 is 50.9 Å². The van der Waals surface area contributed by atoms with Gasteiger partial charge in [-0.05, 0) is 12.8 Å². The Labute approximate surface area is 211 Å². The number of hydrogen-bond donors (Lipinski definition) is 2. The van der Waals surface area contributed by atoms with Crippen molar-refractivity contribution in [3.8, 4) is 0 Å². The smallest absolute Gasteiger partial charge is 0.475 e. The first-order chi connectivity index (χ1) is 17.2. The van der Waals surface area contributed by atoms with Crippen LogP contribution in [-0.2, 0) is 27.9 Å². The number of aromatic nitrogens is 3. The van der Waals surface area contributed by atoms with Gasteiger partial charge in [0.1, 0.15) is 0 Å². The molecule has 0 amide bonds. The Balaban J connectivity index is 0.000000286. The normalized spacial score (nSPS) is 18.5. The predicted molar refractivity (Wildman–Crippen MR) is 118 cm³/mol. The number of hydrogen-bond acceptors (Lipinski definition) is 8. The van der Waals surface area contributed by atoms with E-state index in [1.165, 1.54) is 23.5 Å². The van der Waals surface area contributed by atoms with Crippen molar-refractivity contribution in [2.45, 2.75) is 37.8 Å². The first-order valence-electron chi connectivity index (χ1n) is 10.8. The summed E-state index contributed by atoms with van der Waals surface area (Å²) in [7, 11) is 1.96. The average molecular weight is 562 g/mol. The molecule has 2 aromatic heterocycles. The molecule has 2 aliphatic rings. The molecule has 37 heavy (non-hydrogen) atoms. The van der Waals surface area contributed by atoms with Crippen molar-refractivity contribution in [1.82, 2.24) is 19.7 Å². The molecular weight excluding hydrogens is 536 g/mol. The fourth-order valence-electron chi connectivity index (χ4n) is 3.37. The van der Waals surface area contributed by atoms with Gasteiger partial charge in [0, 0.05) is 50.4 Å². The molecule has 208 valence electrons. The average Bonchev–Trinajstić information content (AvgIpc) is 3.56. The predicted octanol–water partition coefficient (Wildman–Crippen LogP) is 3.32. The number of nitrogens with zero attached hydrogens (tertiary/aromatic N) is 5. The lowest BCUT2D eigenvalue weighted by Gasteiger charge is -2.34. The van der Waals surface area contributed by atoms with Crippen molar-refractivity contribution in [2.75, 3.05) is 37.7 Å². The van der Waals surface area contributed by atoms with E-state index >= 15 is 0 Å². The molecule has 17 heteroatoms. The van der Waals surface area contributed by atoms with Crippen LogP contribution < -0.4 is 4.90 Å². The van der Waals surface area contributed by atoms with Crippen LogP contribution in [-0.4, -0.2) is 87.0 Å². The zero-order valence-corrected chi connectivity index (χ0v) is 20.3. The number of halogens is 6. The summed E-state index contributed by atoms with van der Waals surface area (Å²) in [4.78, 5) is 27.6. The van der Waals surface area contributed by atoms with E-state index in [9.17, 15) is 26.3 Å². The Morgan fingerprint density at radius 2 is 1.65 bits per heavy atom. The van der Waals surface area contributed by atoms with Gasteiger partial charge in [0.05, 0.1) is 31.1 Å². The summed E-state index contributed by atoms with van der Waals surface area (Å²) < 4.78 is 71.1. The number of carbonyl (C=O) groups is 2. The van der Waals surface area contributed by atoms with Gasteiger partial charge in [-0.2, -0.15) is 31.4 Å². The first kappa shape index (κ1) is 30.3. The SMILES string of the molecule is Cn1cc(CN2CCOCC2c2csc(N3CCCC3)n2)cn1.O=C(O)C(F)(F)F.O=C(O)C(F)(F)F. The lowest BCUT2D eigenvalue weighted by atomic mass is 10.1. The van der Waals surface area contributed by atoms with E-state index in [1.807, 2.05) is 17.9 Å². The number of aliphatic carboxylic acids is 2. The van der Waals surface area contributed by atoms with Crippen LogP contribution in [0.25, 0.3) is 0 Å². The molecule has 0 bridgehead atoms. The zero-order chi connectivity index (χ0) is 27.8. The van der Waals surface area contributed by atoms with Crippen LogP contribution in [0.3, 0.4) is 0 Å². The van der Waals surface area contributed by atoms with E-state index in [4.69, 9.17) is 29.5 Å². The van der Waals surface area contributed by atoms with Crippen LogP contribution in [0.4, 0.5) is 31.5 Å². The number of carboxylic acid groups (broad SMARTS) is 2. The number of morpholine rings is 1. The Morgan fingerprint density at radius 3 is 2.14 bits per heavy atom. The van der Waals surface area contributed by atoms with Crippen LogP contribution in [0, 0.1) is 0 Å². The number of alkyl halides is 6. The van der Waals surface area contributed by atoms with E-state index < -0.39 is 24.3 Å². The second-order valence-corrected chi connectivity index (χ2v) is 8.77. The van der Waals surface area contributed by atoms with E-state index in [0.717, 1.165) is 45.1 Å². The molecule has 2 fully saturated rings. The van der Waals surface area contributed by atoms with Gasteiger partial charge in [-0.3, -0.25) is 9.58 Å². The molecule has 1 atom stereocenters. The minimum atomic E-state index is -5.08. The summed E-state index contributed by atoms with van der Waals surface area (Å²) in [6.45, 7) is 5.65. The molecule has 2 N–H and O–H groups in total. The number of anilines is 1. The van der Waals surface area contributed by atoms with Crippen molar-refractivity contribution in [1.29, 1.82) is 0 Å². The molecule has 2 saturated heterocycles. The zero-order valence-electron chi connectivity index (χ0n) is 19.5. The molecule has 0 aromatic carbocycles. The Morgan fingerprint density at radius 1 is 1.08 bits per heavy atom. The minimum absolute atomic E-state index is 0.247. The molecule has 4 rings (SSSR count). The number of carboxylic acids is 2. The van der Waals surface area contributed by atoms with Crippen LogP contribution in [0.15, 0.2) is 17.8 Å². The molecule has 1 unspecified atom stereocenters. The van der Waals surface area contributed by atoms with E-state index in [-0.39, 0.29) is 6.04 Å². The summed E-state index contributed by atoms with van der Waals surface area (Å²) >= 11 is 1.77. The van der Waals surface area contributed by atoms with Crippen LogP contribution in [0.2, 0.25) is 0 Å². The highest BCUT2D eigenvalue weighted by Crippen LogP contribution is 2.31. The molecule has 0 aliphatic carbocycles. The Kier molecular flexibility index (Phi) is 10.7. The maximum Gasteiger partial charge on any atom is 0.490 e. The second kappa shape index (κ2) is 13.0. The molecule has 10 nitrogen and oxygen atoms in total. The van der Waals surface area contributed by atoms with Gasteiger partial charge in [0.25, 0.3) is 0 Å². The molecule has 0 spiro atoms. The Hall–Kier alpha value is -2.92. The largest absolute Gasteiger partial charge is 0.490 e. The third-order valence-corrected chi connectivity index (χ3v) is 6.02. The molecule has 2 aromatic rings. The van der Waals surface area contributed by atoms with Gasteiger partial charge < -0.3 is 19.8 Å². The maximum absolute atomic E-state index is 10.6. The maximum atomic E-state index is 10.6. The highest BCUT2D eigenvalue weighted by Gasteiger charge is 2.39. The third kappa shape index (κ3) is 9.81. The highest BCUT2D eigenvalue weighted by molar-refractivity contribution is 7.13. The molecular formula is C20H25F6N5O5S. The van der Waals surface area contributed by atoms with E-state index in [0.29, 0.717) is 0 Å². The van der Waals surface area contributed by atoms with E-state index in [2.05, 4.69) is 26.5 Å².